The summed E-state index contributed by atoms with van der Waals surface area (Å²) < 4.78 is 22.9. The summed E-state index contributed by atoms with van der Waals surface area (Å²) in [6.45, 7) is 2.52. The van der Waals surface area contributed by atoms with Crippen LogP contribution in [0.1, 0.15) is 35.5 Å². The van der Waals surface area contributed by atoms with Crippen LogP contribution in [0.3, 0.4) is 0 Å². The van der Waals surface area contributed by atoms with Gasteiger partial charge in [0.25, 0.3) is 5.91 Å². The van der Waals surface area contributed by atoms with Gasteiger partial charge in [-0.05, 0) is 24.6 Å². The fraction of sp³-hybridized carbons (Fsp3) is 0.333. The highest BCUT2D eigenvalue weighted by Crippen LogP contribution is 2.54. The van der Waals surface area contributed by atoms with E-state index < -0.39 is 24.2 Å². The van der Waals surface area contributed by atoms with Crippen molar-refractivity contribution >= 4 is 55.6 Å². The summed E-state index contributed by atoms with van der Waals surface area (Å²) in [6.07, 6.45) is -0.871. The predicted molar refractivity (Wildman–Crippen MR) is 147 cm³/mol. The van der Waals surface area contributed by atoms with Crippen molar-refractivity contribution in [2.24, 2.45) is 0 Å². The number of nitrogens with zero attached hydrogens (tertiary/aromatic N) is 3. The largest absolute Gasteiger partial charge is 0.453 e. The first-order valence-corrected chi connectivity index (χ1v) is 13.2. The molecule has 9 heteroatoms. The molecule has 0 unspecified atom stereocenters. The second kappa shape index (κ2) is 7.52. The Morgan fingerprint density at radius 2 is 1.74 bits per heavy atom. The number of para-hydroxylation sites is 2. The van der Waals surface area contributed by atoms with Crippen molar-refractivity contribution < 1.29 is 23.8 Å². The lowest BCUT2D eigenvalue weighted by atomic mass is 9.92. The number of fused-ring (bicyclic) bond motifs is 13. The van der Waals surface area contributed by atoms with E-state index in [9.17, 15) is 9.59 Å². The quantitative estimate of drug-likeness (QED) is 0.357. The van der Waals surface area contributed by atoms with Gasteiger partial charge in [0, 0.05) is 48.7 Å². The van der Waals surface area contributed by atoms with E-state index in [0.717, 1.165) is 54.7 Å². The van der Waals surface area contributed by atoms with Crippen LogP contribution in [0, 0.1) is 0 Å². The van der Waals surface area contributed by atoms with E-state index in [4.69, 9.17) is 14.2 Å². The average molecular weight is 525 g/mol. The van der Waals surface area contributed by atoms with Gasteiger partial charge in [-0.3, -0.25) is 4.79 Å². The lowest BCUT2D eigenvalue weighted by molar-refractivity contribution is -0.264. The van der Waals surface area contributed by atoms with Gasteiger partial charge >= 0.3 is 6.09 Å². The van der Waals surface area contributed by atoms with Crippen LogP contribution in [0.15, 0.2) is 48.5 Å². The summed E-state index contributed by atoms with van der Waals surface area (Å²) in [7, 11) is 4.81. The monoisotopic (exact) mass is 524 g/mol. The SMILES string of the molecule is COC(=O)N(C)[C@H]1C[C@@H]2O[C@](C)([C@H]1OC)n1c3ccccc3c3c4c(c5c6ccccc6n2c5c31)C(=O)NC4. The Morgan fingerprint density at radius 1 is 1.05 bits per heavy atom. The number of ether oxygens (including phenoxy) is 3. The summed E-state index contributed by atoms with van der Waals surface area (Å²) in [5, 5.41) is 7.17. The maximum atomic E-state index is 13.4. The number of methoxy groups -OCH3 is 2. The smallest absolute Gasteiger partial charge is 0.409 e. The molecule has 9 nitrogen and oxygen atoms in total. The van der Waals surface area contributed by atoms with Gasteiger partial charge in [-0.1, -0.05) is 36.4 Å². The zero-order valence-electron chi connectivity index (χ0n) is 22.1. The molecule has 3 aliphatic rings. The summed E-state index contributed by atoms with van der Waals surface area (Å²) in [5.41, 5.74) is 4.74. The van der Waals surface area contributed by atoms with Crippen LogP contribution in [-0.4, -0.2) is 59.4 Å². The first-order chi connectivity index (χ1) is 18.9. The number of rotatable bonds is 2. The summed E-state index contributed by atoms with van der Waals surface area (Å²) >= 11 is 0. The van der Waals surface area contributed by atoms with Crippen LogP contribution in [0.25, 0.3) is 43.6 Å². The van der Waals surface area contributed by atoms with Crippen molar-refractivity contribution in [3.05, 3.63) is 59.7 Å². The van der Waals surface area contributed by atoms with Crippen LogP contribution in [0.4, 0.5) is 4.79 Å². The average Bonchev–Trinajstić information content (AvgIpc) is 3.59. The third-order valence-corrected chi connectivity index (χ3v) is 9.16. The van der Waals surface area contributed by atoms with E-state index in [1.54, 1.807) is 19.1 Å². The fourth-order valence-corrected chi connectivity index (χ4v) is 7.67. The van der Waals surface area contributed by atoms with Crippen molar-refractivity contribution in [1.82, 2.24) is 19.4 Å². The van der Waals surface area contributed by atoms with E-state index in [0.29, 0.717) is 13.0 Å². The number of benzene rings is 3. The molecule has 198 valence electrons. The maximum absolute atomic E-state index is 13.4. The first-order valence-electron chi connectivity index (χ1n) is 13.2. The minimum atomic E-state index is -0.983. The summed E-state index contributed by atoms with van der Waals surface area (Å²) in [4.78, 5) is 27.9. The van der Waals surface area contributed by atoms with Crippen LogP contribution in [-0.2, 0) is 26.5 Å². The highest BCUT2D eigenvalue weighted by molar-refractivity contribution is 6.31. The third-order valence-electron chi connectivity index (χ3n) is 9.16. The van der Waals surface area contributed by atoms with Crippen molar-refractivity contribution in [3.63, 3.8) is 0 Å². The molecule has 1 saturated heterocycles. The Kier molecular flexibility index (Phi) is 4.41. The summed E-state index contributed by atoms with van der Waals surface area (Å²) in [6, 6.07) is 16.1. The molecule has 3 aromatic carbocycles. The van der Waals surface area contributed by atoms with Gasteiger partial charge in [0.15, 0.2) is 5.72 Å². The van der Waals surface area contributed by atoms with Gasteiger partial charge in [-0.2, -0.15) is 0 Å². The molecule has 5 aromatic rings. The molecular weight excluding hydrogens is 496 g/mol. The second-order valence-corrected chi connectivity index (χ2v) is 10.9. The van der Waals surface area contributed by atoms with E-state index in [-0.39, 0.29) is 11.9 Å². The number of nitrogens with one attached hydrogen (secondary N) is 1. The number of carbonyl (C=O) groups is 2. The number of hydrogen-bond donors (Lipinski definition) is 1. The molecule has 0 aliphatic carbocycles. The molecule has 8 rings (SSSR count). The van der Waals surface area contributed by atoms with Gasteiger partial charge in [0.05, 0.1) is 40.8 Å². The molecule has 0 radical (unpaired) electrons. The van der Waals surface area contributed by atoms with Gasteiger partial charge in [-0.15, -0.1) is 0 Å². The maximum Gasteiger partial charge on any atom is 0.409 e. The van der Waals surface area contributed by atoms with Crippen molar-refractivity contribution in [3.8, 4) is 0 Å². The van der Waals surface area contributed by atoms with Crippen LogP contribution < -0.4 is 5.32 Å². The molecule has 3 aliphatic heterocycles. The zero-order chi connectivity index (χ0) is 26.8. The highest BCUT2D eigenvalue weighted by atomic mass is 16.6. The first kappa shape index (κ1) is 22.9. The van der Waals surface area contributed by atoms with E-state index in [1.165, 1.54) is 7.11 Å². The topological polar surface area (TPSA) is 87.0 Å². The van der Waals surface area contributed by atoms with Crippen LogP contribution in [0.5, 0.6) is 0 Å². The Hall–Kier alpha value is -4.08. The minimum Gasteiger partial charge on any atom is -0.453 e. The van der Waals surface area contributed by atoms with Gasteiger partial charge in [0.2, 0.25) is 0 Å². The summed E-state index contributed by atoms with van der Waals surface area (Å²) in [5.74, 6) is -0.0518. The van der Waals surface area contributed by atoms with E-state index in [2.05, 4.69) is 45.6 Å². The third kappa shape index (κ3) is 2.57. The highest BCUT2D eigenvalue weighted by Gasteiger charge is 2.55. The van der Waals surface area contributed by atoms with E-state index in [1.807, 2.05) is 24.3 Å². The standard InChI is InChI=1S/C30H28N4O5/c1-30-27(37-3)20(32(2)29(36)38-4)13-21(39-30)33-18-11-7-5-9-15(18)23-24-17(14-31-28(24)35)22-16-10-6-8-12-19(16)34(30)26(22)25(23)33/h5-12,20-21,27H,13-14H2,1-4H3,(H,31,35)/t20-,21-,27-,30+/m0/s1. The number of likely N-dealkylation sites (N-methyl/N-ethyl adjacent to an activating group) is 1. The molecule has 5 heterocycles. The van der Waals surface area contributed by atoms with E-state index >= 15 is 0 Å². The van der Waals surface area contributed by atoms with Crippen LogP contribution in [0.2, 0.25) is 0 Å². The molecule has 2 amide bonds. The number of aromatic nitrogens is 2. The minimum absolute atomic E-state index is 0.0518. The Bertz CT molecular complexity index is 1900. The lowest BCUT2D eigenvalue weighted by Crippen LogP contribution is -2.61. The second-order valence-electron chi connectivity index (χ2n) is 10.9. The molecule has 39 heavy (non-hydrogen) atoms. The number of carbonyl (C=O) groups excluding carboxylic acids is 2. The van der Waals surface area contributed by atoms with Gasteiger partial charge in [-0.25, -0.2) is 4.79 Å². The molecule has 2 bridgehead atoms. The molecular formula is C30H28N4O5. The number of amides is 2. The predicted octanol–water partition coefficient (Wildman–Crippen LogP) is 4.83. The zero-order valence-corrected chi connectivity index (χ0v) is 22.1. The lowest BCUT2D eigenvalue weighted by Gasteiger charge is -2.50. The van der Waals surface area contributed by atoms with Crippen molar-refractivity contribution in [1.29, 1.82) is 0 Å². The molecule has 1 fully saturated rings. The molecule has 0 saturated carbocycles. The Balaban J connectivity index is 1.62. The Morgan fingerprint density at radius 3 is 2.46 bits per heavy atom. The molecule has 1 N–H and O–H groups in total. The molecule has 2 aromatic heterocycles. The fourth-order valence-electron chi connectivity index (χ4n) is 7.67. The van der Waals surface area contributed by atoms with Gasteiger partial charge in [0.1, 0.15) is 12.3 Å². The number of hydrogen-bond acceptors (Lipinski definition) is 5. The normalized spacial score (nSPS) is 25.4. The van der Waals surface area contributed by atoms with Crippen molar-refractivity contribution in [2.75, 3.05) is 21.3 Å². The van der Waals surface area contributed by atoms with Crippen molar-refractivity contribution in [2.45, 2.75) is 44.0 Å². The Labute approximate surface area is 223 Å². The molecule has 0 spiro atoms. The van der Waals surface area contributed by atoms with Crippen LogP contribution >= 0.6 is 0 Å². The van der Waals surface area contributed by atoms with Gasteiger partial charge < -0.3 is 33.6 Å². The molecule has 4 atom stereocenters.